The summed E-state index contributed by atoms with van der Waals surface area (Å²) < 4.78 is 13.2. The summed E-state index contributed by atoms with van der Waals surface area (Å²) in [6.07, 6.45) is 9.99. The van der Waals surface area contributed by atoms with E-state index in [4.69, 9.17) is 5.11 Å². The molecular weight excluding hydrogens is 227 g/mol. The maximum absolute atomic E-state index is 13.2. The molecule has 1 aliphatic carbocycles. The van der Waals surface area contributed by atoms with Crippen LogP contribution in [0, 0.1) is 5.82 Å². The highest BCUT2D eigenvalue weighted by Gasteiger charge is 2.08. The minimum absolute atomic E-state index is 0.0591. The molecule has 0 aromatic heterocycles. The smallest absolute Gasteiger partial charge is 0.165 e. The van der Waals surface area contributed by atoms with Crippen LogP contribution >= 0.6 is 0 Å². The molecule has 0 amide bonds. The largest absolute Gasteiger partial charge is 0.505 e. The summed E-state index contributed by atoms with van der Waals surface area (Å²) in [5, 5.41) is 9.12. The van der Waals surface area contributed by atoms with Gasteiger partial charge in [-0.1, -0.05) is 55.9 Å². The third-order valence-corrected chi connectivity index (χ3v) is 2.60. The fourth-order valence-electron chi connectivity index (χ4n) is 1.65. The zero-order valence-corrected chi connectivity index (χ0v) is 11.0. The number of rotatable bonds is 1. The maximum Gasteiger partial charge on any atom is 0.165 e. The van der Waals surface area contributed by atoms with Crippen LogP contribution in [0.2, 0.25) is 0 Å². The molecule has 1 aliphatic rings. The molecule has 18 heavy (non-hydrogen) atoms. The SMILES string of the molecule is CC.CC1=CC=CC(c2ccc(O)c(F)c2)C=C1. The molecule has 96 valence electrons. The molecule has 2 rings (SSSR count). The van der Waals surface area contributed by atoms with Crippen LogP contribution in [0.15, 0.2) is 54.2 Å². The van der Waals surface area contributed by atoms with Crippen LogP contribution in [-0.4, -0.2) is 5.11 Å². The number of hydrogen-bond donors (Lipinski definition) is 1. The average molecular weight is 246 g/mol. The molecule has 0 fully saturated rings. The van der Waals surface area contributed by atoms with Crippen molar-refractivity contribution in [3.8, 4) is 5.75 Å². The Morgan fingerprint density at radius 2 is 1.89 bits per heavy atom. The Balaban J connectivity index is 0.000000771. The van der Waals surface area contributed by atoms with E-state index >= 15 is 0 Å². The van der Waals surface area contributed by atoms with Crippen molar-refractivity contribution in [3.63, 3.8) is 0 Å². The molecule has 1 unspecified atom stereocenters. The van der Waals surface area contributed by atoms with Crippen LogP contribution in [-0.2, 0) is 0 Å². The van der Waals surface area contributed by atoms with Gasteiger partial charge < -0.3 is 5.11 Å². The monoisotopic (exact) mass is 246 g/mol. The van der Waals surface area contributed by atoms with E-state index in [2.05, 4.69) is 0 Å². The summed E-state index contributed by atoms with van der Waals surface area (Å²) >= 11 is 0. The molecule has 1 aromatic rings. The normalized spacial score (nSPS) is 17.6. The molecule has 0 aliphatic heterocycles. The molecule has 1 aromatic carbocycles. The topological polar surface area (TPSA) is 20.2 Å². The first-order valence-electron chi connectivity index (χ1n) is 6.18. The first-order valence-corrected chi connectivity index (χ1v) is 6.18. The molecule has 0 saturated heterocycles. The van der Waals surface area contributed by atoms with Gasteiger partial charge in [0.05, 0.1) is 0 Å². The van der Waals surface area contributed by atoms with Gasteiger partial charge in [0.2, 0.25) is 0 Å². The van der Waals surface area contributed by atoms with Crippen LogP contribution in [0.4, 0.5) is 4.39 Å². The van der Waals surface area contributed by atoms with Crippen molar-refractivity contribution in [3.05, 3.63) is 65.5 Å². The molecule has 1 atom stereocenters. The number of phenolic OH excluding ortho intramolecular Hbond substituents is 1. The Morgan fingerprint density at radius 3 is 2.56 bits per heavy atom. The number of halogens is 1. The highest BCUT2D eigenvalue weighted by molar-refractivity contribution is 5.38. The van der Waals surface area contributed by atoms with Gasteiger partial charge in [-0.15, -0.1) is 0 Å². The molecular formula is C16H19FO. The predicted molar refractivity (Wildman–Crippen MR) is 74.2 cm³/mol. The van der Waals surface area contributed by atoms with Gasteiger partial charge in [0.25, 0.3) is 0 Å². The fraction of sp³-hybridized carbons (Fsp3) is 0.250. The van der Waals surface area contributed by atoms with E-state index < -0.39 is 5.82 Å². The quantitative estimate of drug-likeness (QED) is 0.760. The Bertz CT molecular complexity index is 484. The van der Waals surface area contributed by atoms with Gasteiger partial charge in [0.15, 0.2) is 11.6 Å². The summed E-state index contributed by atoms with van der Waals surface area (Å²) in [6, 6.07) is 4.49. The average Bonchev–Trinajstić information content (AvgIpc) is 2.60. The predicted octanol–water partition coefficient (Wildman–Crippen LogP) is 4.71. The molecule has 0 saturated carbocycles. The van der Waals surface area contributed by atoms with Gasteiger partial charge in [-0.3, -0.25) is 0 Å². The summed E-state index contributed by atoms with van der Waals surface area (Å²) in [5.41, 5.74) is 2.00. The molecule has 0 spiro atoms. The van der Waals surface area contributed by atoms with Crippen LogP contribution in [0.3, 0.4) is 0 Å². The Hall–Kier alpha value is -1.83. The second kappa shape index (κ2) is 6.80. The van der Waals surface area contributed by atoms with Crippen molar-refractivity contribution in [2.24, 2.45) is 0 Å². The van der Waals surface area contributed by atoms with Crippen molar-refractivity contribution in [1.29, 1.82) is 0 Å². The third kappa shape index (κ3) is 3.59. The van der Waals surface area contributed by atoms with Gasteiger partial charge in [-0.2, -0.15) is 0 Å². The Morgan fingerprint density at radius 1 is 1.17 bits per heavy atom. The molecule has 0 heterocycles. The maximum atomic E-state index is 13.2. The minimum atomic E-state index is -0.576. The number of benzene rings is 1. The van der Waals surface area contributed by atoms with Crippen LogP contribution in [0.25, 0.3) is 0 Å². The molecule has 1 N–H and O–H groups in total. The lowest BCUT2D eigenvalue weighted by Crippen LogP contribution is -1.91. The van der Waals surface area contributed by atoms with E-state index in [9.17, 15) is 4.39 Å². The van der Waals surface area contributed by atoms with E-state index in [1.165, 1.54) is 12.1 Å². The Labute approximate surface area is 108 Å². The number of allylic oxidation sites excluding steroid dienone is 6. The molecule has 2 heteroatoms. The van der Waals surface area contributed by atoms with Gasteiger partial charge >= 0.3 is 0 Å². The first-order chi connectivity index (χ1) is 8.66. The first kappa shape index (κ1) is 14.2. The lowest BCUT2D eigenvalue weighted by atomic mass is 9.98. The van der Waals surface area contributed by atoms with Crippen molar-refractivity contribution < 1.29 is 9.50 Å². The Kier molecular flexibility index (Phi) is 5.37. The minimum Gasteiger partial charge on any atom is -0.505 e. The van der Waals surface area contributed by atoms with Crippen molar-refractivity contribution in [2.75, 3.05) is 0 Å². The van der Waals surface area contributed by atoms with E-state index in [0.29, 0.717) is 0 Å². The van der Waals surface area contributed by atoms with Gasteiger partial charge in [0, 0.05) is 5.92 Å². The summed E-state index contributed by atoms with van der Waals surface area (Å²) in [6.45, 7) is 6.01. The third-order valence-electron chi connectivity index (χ3n) is 2.60. The molecule has 1 nitrogen and oxygen atoms in total. The van der Waals surface area contributed by atoms with E-state index in [1.807, 2.05) is 51.2 Å². The lowest BCUT2D eigenvalue weighted by molar-refractivity contribution is 0.432. The van der Waals surface area contributed by atoms with E-state index in [1.54, 1.807) is 6.07 Å². The fourth-order valence-corrected chi connectivity index (χ4v) is 1.65. The van der Waals surface area contributed by atoms with Gasteiger partial charge in [-0.25, -0.2) is 4.39 Å². The number of hydrogen-bond acceptors (Lipinski definition) is 1. The highest BCUT2D eigenvalue weighted by Crippen LogP contribution is 2.25. The molecule has 0 bridgehead atoms. The lowest BCUT2D eigenvalue weighted by Gasteiger charge is -2.08. The highest BCUT2D eigenvalue weighted by atomic mass is 19.1. The number of aromatic hydroxyl groups is 1. The standard InChI is InChI=1S/C14H13FO.C2H6/c1-10-3-2-4-11(6-5-10)12-7-8-14(16)13(15)9-12;1-2/h2-9,11,16H,1H3;1-2H3. The summed E-state index contributed by atoms with van der Waals surface area (Å²) in [5.74, 6) is -0.823. The van der Waals surface area contributed by atoms with Crippen LogP contribution in [0.1, 0.15) is 32.3 Å². The second-order valence-electron chi connectivity index (χ2n) is 3.89. The van der Waals surface area contributed by atoms with E-state index in [0.717, 1.165) is 11.1 Å². The summed E-state index contributed by atoms with van der Waals surface area (Å²) in [4.78, 5) is 0. The van der Waals surface area contributed by atoms with Gasteiger partial charge in [0.1, 0.15) is 0 Å². The molecule has 0 radical (unpaired) electrons. The number of phenols is 1. The zero-order chi connectivity index (χ0) is 13.5. The summed E-state index contributed by atoms with van der Waals surface area (Å²) in [7, 11) is 0. The zero-order valence-electron chi connectivity index (χ0n) is 11.0. The second-order valence-corrected chi connectivity index (χ2v) is 3.89. The van der Waals surface area contributed by atoms with Gasteiger partial charge in [-0.05, 0) is 24.6 Å². The van der Waals surface area contributed by atoms with E-state index in [-0.39, 0.29) is 11.7 Å². The van der Waals surface area contributed by atoms with Crippen molar-refractivity contribution >= 4 is 0 Å². The van der Waals surface area contributed by atoms with Crippen LogP contribution < -0.4 is 0 Å². The van der Waals surface area contributed by atoms with Crippen molar-refractivity contribution in [2.45, 2.75) is 26.7 Å². The van der Waals surface area contributed by atoms with Crippen LogP contribution in [0.5, 0.6) is 5.75 Å². The van der Waals surface area contributed by atoms with Crippen molar-refractivity contribution in [1.82, 2.24) is 0 Å².